The Hall–Kier alpha value is 1.20. The maximum absolute atomic E-state index is 8.81. The zero-order chi connectivity index (χ0) is 3.58. The van der Waals surface area contributed by atoms with E-state index in [4.69, 9.17) is 10.7 Å². The van der Waals surface area contributed by atoms with E-state index in [2.05, 4.69) is 0 Å². The van der Waals surface area contributed by atoms with Crippen LogP contribution in [0, 0.1) is 14.9 Å². The SMILES string of the molecule is [CH3-].[CH3-].[Mg+2].[O]=[Ti]([OH])[OH]. The van der Waals surface area contributed by atoms with Gasteiger partial charge in [0.05, 0.1) is 0 Å². The van der Waals surface area contributed by atoms with E-state index in [1.54, 1.807) is 0 Å². The first kappa shape index (κ1) is 24.1. The van der Waals surface area contributed by atoms with Gasteiger partial charge in [-0.15, -0.1) is 0 Å². The summed E-state index contributed by atoms with van der Waals surface area (Å²) in [7, 11) is 0. The second-order valence-corrected chi connectivity index (χ2v) is 1.17. The Balaban J connectivity index is -0.0000000150. The van der Waals surface area contributed by atoms with Crippen molar-refractivity contribution in [3.05, 3.63) is 14.9 Å². The van der Waals surface area contributed by atoms with Crippen molar-refractivity contribution < 1.29 is 29.3 Å². The van der Waals surface area contributed by atoms with Crippen molar-refractivity contribution in [2.45, 2.75) is 0 Å². The first-order chi connectivity index (χ1) is 1.73. The molecule has 0 aliphatic heterocycles. The Kier molecular flexibility index (Phi) is 54.0. The Bertz CT molecular complexity index is 35.9. The van der Waals surface area contributed by atoms with Gasteiger partial charge < -0.3 is 14.9 Å². The van der Waals surface area contributed by atoms with Crippen LogP contribution in [0.4, 0.5) is 0 Å². The summed E-state index contributed by atoms with van der Waals surface area (Å²) in [6.07, 6.45) is 0. The van der Waals surface area contributed by atoms with E-state index in [0.29, 0.717) is 0 Å². The van der Waals surface area contributed by atoms with Gasteiger partial charge in [0.25, 0.3) is 0 Å². The van der Waals surface area contributed by atoms with Gasteiger partial charge in [0.2, 0.25) is 0 Å². The van der Waals surface area contributed by atoms with Gasteiger partial charge >= 0.3 is 52.4 Å². The Labute approximate surface area is 67.0 Å². The molecule has 0 bridgehead atoms. The van der Waals surface area contributed by atoms with Crippen molar-refractivity contribution in [2.75, 3.05) is 0 Å². The second-order valence-electron chi connectivity index (χ2n) is 0.283. The molecule has 0 unspecified atom stereocenters. The summed E-state index contributed by atoms with van der Waals surface area (Å²) in [6, 6.07) is 0. The first-order valence-electron chi connectivity index (χ1n) is 0.651. The normalized spacial score (nSPS) is 3.71. The first-order valence-corrected chi connectivity index (χ1v) is 2.69. The van der Waals surface area contributed by atoms with Crippen LogP contribution < -0.4 is 0 Å². The van der Waals surface area contributed by atoms with Crippen LogP contribution in [0.1, 0.15) is 0 Å². The van der Waals surface area contributed by atoms with E-state index >= 15 is 0 Å². The summed E-state index contributed by atoms with van der Waals surface area (Å²) in [5.41, 5.74) is 0. The molecule has 0 fully saturated rings. The van der Waals surface area contributed by atoms with E-state index in [-0.39, 0.29) is 37.9 Å². The van der Waals surface area contributed by atoms with Crippen molar-refractivity contribution in [1.29, 1.82) is 0 Å². The van der Waals surface area contributed by atoms with Crippen molar-refractivity contribution in [3.63, 3.8) is 0 Å². The van der Waals surface area contributed by atoms with Gasteiger partial charge in [-0.2, -0.15) is 0 Å². The van der Waals surface area contributed by atoms with Crippen molar-refractivity contribution in [2.24, 2.45) is 0 Å². The molecule has 5 heteroatoms. The molecule has 0 amide bonds. The molecule has 7 heavy (non-hydrogen) atoms. The summed E-state index contributed by atoms with van der Waals surface area (Å²) in [5.74, 6) is 0. The van der Waals surface area contributed by atoms with Gasteiger partial charge in [-0.25, -0.2) is 0 Å². The van der Waals surface area contributed by atoms with Crippen molar-refractivity contribution in [3.8, 4) is 0 Å². The zero-order valence-corrected chi connectivity index (χ0v) is 7.49. The van der Waals surface area contributed by atoms with E-state index in [1.165, 1.54) is 0 Å². The number of hydrogen-bond donors (Lipinski definition) is 2. The van der Waals surface area contributed by atoms with Crippen molar-refractivity contribution >= 4 is 23.1 Å². The molecule has 0 aromatic carbocycles. The van der Waals surface area contributed by atoms with Gasteiger partial charge in [-0.3, -0.25) is 0 Å². The maximum atomic E-state index is 8.81. The number of hydrogen-bond acceptors (Lipinski definition) is 1. The van der Waals surface area contributed by atoms with Gasteiger partial charge in [-0.1, -0.05) is 0 Å². The van der Waals surface area contributed by atoms with Crippen LogP contribution in [0.5, 0.6) is 0 Å². The molecule has 0 saturated carbocycles. The fraction of sp³-hybridized carbons (Fsp3) is 0. The molecule has 2 N–H and O–H groups in total. The summed E-state index contributed by atoms with van der Waals surface area (Å²) < 4.78 is 23.2. The average molecular weight is 152 g/mol. The molecule has 0 heterocycles. The Morgan fingerprint density at radius 2 is 1.14 bits per heavy atom. The molecule has 0 aromatic heterocycles. The van der Waals surface area contributed by atoms with Crippen molar-refractivity contribution in [1.82, 2.24) is 0 Å². The molecule has 0 rings (SSSR count). The molecular formula is C2H8MgO3Ti. The van der Waals surface area contributed by atoms with Crippen LogP contribution in [-0.2, 0) is 21.9 Å². The second kappa shape index (κ2) is 15.7. The minimum absolute atomic E-state index is 0. The molecule has 0 aromatic rings. The molecular weight excluding hydrogens is 144 g/mol. The molecule has 0 aliphatic rings. The standard InChI is InChI=1S/2CH3.Mg.2H2O.O.Ti/h2*1H3;;2*1H2;;/q2*-1;+2;;;;+2/p-2. The molecule has 40 valence electrons. The van der Waals surface area contributed by atoms with E-state index in [1.807, 2.05) is 0 Å². The molecule has 0 spiro atoms. The van der Waals surface area contributed by atoms with E-state index in [0.717, 1.165) is 0 Å². The predicted octanol–water partition coefficient (Wildman–Crippen LogP) is -0.716. The van der Waals surface area contributed by atoms with Gasteiger partial charge in [0.1, 0.15) is 0 Å². The summed E-state index contributed by atoms with van der Waals surface area (Å²) in [5, 5.41) is 0. The topological polar surface area (TPSA) is 57.5 Å². The van der Waals surface area contributed by atoms with Crippen LogP contribution >= 0.6 is 0 Å². The van der Waals surface area contributed by atoms with Gasteiger partial charge in [0.15, 0.2) is 0 Å². The third-order valence-corrected chi connectivity index (χ3v) is 0. The molecule has 3 nitrogen and oxygen atoms in total. The molecule has 0 aliphatic carbocycles. The van der Waals surface area contributed by atoms with Crippen LogP contribution in [0.2, 0.25) is 0 Å². The fourth-order valence-electron chi connectivity index (χ4n) is 0. The van der Waals surface area contributed by atoms with Gasteiger partial charge in [0, 0.05) is 0 Å². The van der Waals surface area contributed by atoms with Crippen LogP contribution in [0.25, 0.3) is 0 Å². The summed E-state index contributed by atoms with van der Waals surface area (Å²) in [6.45, 7) is 0. The average Bonchev–Trinajstić information content (AvgIpc) is 0.811. The zero-order valence-electron chi connectivity index (χ0n) is 4.51. The third-order valence-electron chi connectivity index (χ3n) is 0. The predicted molar refractivity (Wildman–Crippen MR) is 23.7 cm³/mol. The molecule has 0 saturated heterocycles. The Morgan fingerprint density at radius 3 is 1.14 bits per heavy atom. The fourth-order valence-corrected chi connectivity index (χ4v) is 0. The monoisotopic (exact) mass is 152 g/mol. The minimum atomic E-state index is -3.58. The van der Waals surface area contributed by atoms with Crippen LogP contribution in [0.3, 0.4) is 0 Å². The summed E-state index contributed by atoms with van der Waals surface area (Å²) in [4.78, 5) is 0. The van der Waals surface area contributed by atoms with Crippen LogP contribution in [-0.4, -0.2) is 30.4 Å². The van der Waals surface area contributed by atoms with Crippen LogP contribution in [0.15, 0.2) is 0 Å². The van der Waals surface area contributed by atoms with E-state index in [9.17, 15) is 0 Å². The third kappa shape index (κ3) is 135. The number of rotatable bonds is 0. The molecule has 0 radical (unpaired) electrons. The van der Waals surface area contributed by atoms with E-state index < -0.39 is 18.6 Å². The quantitative estimate of drug-likeness (QED) is 0.356. The van der Waals surface area contributed by atoms with Gasteiger partial charge in [-0.05, 0) is 0 Å². The summed E-state index contributed by atoms with van der Waals surface area (Å²) >= 11 is -3.58. The Morgan fingerprint density at radius 1 is 1.14 bits per heavy atom. The molecule has 0 atom stereocenters.